The van der Waals surface area contributed by atoms with Gasteiger partial charge in [0.25, 0.3) is 0 Å². The zero-order valence-electron chi connectivity index (χ0n) is 24.0. The number of primary amides is 1. The van der Waals surface area contributed by atoms with Gasteiger partial charge in [-0.1, -0.05) is 64.4 Å². The van der Waals surface area contributed by atoms with Gasteiger partial charge in [-0.15, -0.1) is 0 Å². The van der Waals surface area contributed by atoms with Crippen LogP contribution in [0.25, 0.3) is 0 Å². The quantitative estimate of drug-likeness (QED) is 0.259. The zero-order chi connectivity index (χ0) is 29.8. The molecule has 0 fully saturated rings. The topological polar surface area (TPSA) is 166 Å². The minimum absolute atomic E-state index is 0.0663. The van der Waals surface area contributed by atoms with Gasteiger partial charge in [0.2, 0.25) is 17.7 Å². The molecular formula is C28H44N4O7. The largest absolute Gasteiger partial charge is 0.461 e. The molecule has 0 radical (unpaired) electrons. The van der Waals surface area contributed by atoms with Crippen molar-refractivity contribution in [1.29, 1.82) is 0 Å². The second kappa shape index (κ2) is 15.7. The van der Waals surface area contributed by atoms with Gasteiger partial charge in [0.1, 0.15) is 30.3 Å². The predicted molar refractivity (Wildman–Crippen MR) is 146 cm³/mol. The van der Waals surface area contributed by atoms with Crippen LogP contribution in [0.4, 0.5) is 4.79 Å². The maximum absolute atomic E-state index is 13.2. The summed E-state index contributed by atoms with van der Waals surface area (Å²) in [6.07, 6.45) is -0.379. The highest BCUT2D eigenvalue weighted by Crippen LogP contribution is 2.13. The molecule has 218 valence electrons. The van der Waals surface area contributed by atoms with E-state index < -0.39 is 53.5 Å². The maximum atomic E-state index is 13.2. The van der Waals surface area contributed by atoms with Crippen molar-refractivity contribution in [2.24, 2.45) is 17.6 Å². The molecule has 0 aliphatic rings. The molecule has 4 atom stereocenters. The van der Waals surface area contributed by atoms with Crippen LogP contribution in [0.1, 0.15) is 73.3 Å². The first-order valence-electron chi connectivity index (χ1n) is 13.2. The Balaban J connectivity index is 2.82. The van der Waals surface area contributed by atoms with Crippen molar-refractivity contribution in [3.8, 4) is 0 Å². The molecular weight excluding hydrogens is 504 g/mol. The lowest BCUT2D eigenvalue weighted by atomic mass is 9.96. The highest BCUT2D eigenvalue weighted by molar-refractivity contribution is 5.94. The molecule has 11 nitrogen and oxygen atoms in total. The predicted octanol–water partition coefficient (Wildman–Crippen LogP) is 2.56. The number of benzene rings is 1. The van der Waals surface area contributed by atoms with Gasteiger partial charge in [0.05, 0.1) is 0 Å². The number of ether oxygens (including phenoxy) is 2. The van der Waals surface area contributed by atoms with Crippen LogP contribution < -0.4 is 21.7 Å². The summed E-state index contributed by atoms with van der Waals surface area (Å²) in [5, 5.41) is 7.81. The van der Waals surface area contributed by atoms with Crippen molar-refractivity contribution in [2.75, 3.05) is 0 Å². The van der Waals surface area contributed by atoms with Gasteiger partial charge in [0, 0.05) is 6.42 Å². The molecule has 1 rings (SSSR count). The molecule has 0 bridgehead atoms. The van der Waals surface area contributed by atoms with Gasteiger partial charge >= 0.3 is 12.1 Å². The maximum Gasteiger partial charge on any atom is 0.408 e. The van der Waals surface area contributed by atoms with E-state index in [0.29, 0.717) is 6.42 Å². The molecule has 0 heterocycles. The molecule has 4 amide bonds. The Morgan fingerprint density at radius 3 is 2.00 bits per heavy atom. The third kappa shape index (κ3) is 12.6. The van der Waals surface area contributed by atoms with E-state index in [1.165, 1.54) is 0 Å². The minimum Gasteiger partial charge on any atom is -0.461 e. The van der Waals surface area contributed by atoms with Crippen LogP contribution in [0.2, 0.25) is 0 Å². The third-order valence-corrected chi connectivity index (χ3v) is 5.95. The van der Waals surface area contributed by atoms with E-state index in [1.54, 1.807) is 41.5 Å². The molecule has 1 aromatic rings. The van der Waals surface area contributed by atoms with Crippen molar-refractivity contribution in [3.63, 3.8) is 0 Å². The summed E-state index contributed by atoms with van der Waals surface area (Å²) in [5.74, 6) is -3.19. The van der Waals surface area contributed by atoms with E-state index in [9.17, 15) is 24.0 Å². The minimum atomic E-state index is -1.15. The molecule has 0 saturated carbocycles. The molecule has 0 aliphatic carbocycles. The number of carbonyl (C=O) groups is 5. The number of alkyl carbamates (subject to hydrolysis) is 1. The van der Waals surface area contributed by atoms with Crippen molar-refractivity contribution < 1.29 is 33.4 Å². The second-order valence-corrected chi connectivity index (χ2v) is 10.9. The molecule has 0 spiro atoms. The van der Waals surface area contributed by atoms with Gasteiger partial charge < -0.3 is 31.2 Å². The van der Waals surface area contributed by atoms with Crippen molar-refractivity contribution in [1.82, 2.24) is 16.0 Å². The fourth-order valence-corrected chi connectivity index (χ4v) is 3.53. The van der Waals surface area contributed by atoms with Crippen LogP contribution in [-0.2, 0) is 35.3 Å². The number of esters is 1. The summed E-state index contributed by atoms with van der Waals surface area (Å²) < 4.78 is 10.5. The molecule has 11 heteroatoms. The van der Waals surface area contributed by atoms with Gasteiger partial charge in [-0.05, 0) is 44.6 Å². The Bertz CT molecular complexity index is 976. The zero-order valence-corrected chi connectivity index (χ0v) is 24.0. The van der Waals surface area contributed by atoms with E-state index in [-0.39, 0.29) is 31.3 Å². The Morgan fingerprint density at radius 1 is 0.897 bits per heavy atom. The SMILES string of the molecule is CC[C@H](C)[C@H](NC(=O)OC(C)(C)C)C(=O)N[C@H](C(=O)N[C@H](CCC(=O)OCc1ccccc1)C(N)=O)C(C)C. The monoisotopic (exact) mass is 548 g/mol. The van der Waals surface area contributed by atoms with E-state index in [0.717, 1.165) is 5.56 Å². The molecule has 5 N–H and O–H groups in total. The van der Waals surface area contributed by atoms with Crippen LogP contribution in [0.15, 0.2) is 30.3 Å². The lowest BCUT2D eigenvalue weighted by Gasteiger charge is -2.29. The molecule has 0 aromatic heterocycles. The Kier molecular flexibility index (Phi) is 13.4. The standard InChI is InChI=1S/C28H44N4O7/c1-8-18(4)23(32-27(37)39-28(5,6)7)26(36)31-22(17(2)3)25(35)30-20(24(29)34)14-15-21(33)38-16-19-12-10-9-11-13-19/h9-13,17-18,20,22-23H,8,14-16H2,1-7H3,(H2,29,34)(H,30,35)(H,31,36)(H,32,37)/t18-,20+,22-,23-/m0/s1. The lowest BCUT2D eigenvalue weighted by molar-refractivity contribution is -0.145. The number of hydrogen-bond donors (Lipinski definition) is 4. The average molecular weight is 549 g/mol. The number of nitrogens with one attached hydrogen (secondary N) is 3. The average Bonchev–Trinajstić information content (AvgIpc) is 2.85. The lowest BCUT2D eigenvalue weighted by Crippen LogP contribution is -2.59. The van der Waals surface area contributed by atoms with Crippen LogP contribution in [-0.4, -0.2) is 53.5 Å². The van der Waals surface area contributed by atoms with Crippen LogP contribution >= 0.6 is 0 Å². The van der Waals surface area contributed by atoms with Crippen molar-refractivity contribution in [2.45, 2.75) is 98.1 Å². The molecule has 0 saturated heterocycles. The van der Waals surface area contributed by atoms with Gasteiger partial charge in [-0.25, -0.2) is 4.79 Å². The van der Waals surface area contributed by atoms with Gasteiger partial charge in [-0.3, -0.25) is 19.2 Å². The smallest absolute Gasteiger partial charge is 0.408 e. The van der Waals surface area contributed by atoms with E-state index in [1.807, 2.05) is 37.3 Å². The number of nitrogens with two attached hydrogens (primary N) is 1. The number of amides is 4. The Hall–Kier alpha value is -3.63. The highest BCUT2D eigenvalue weighted by Gasteiger charge is 2.33. The first-order chi connectivity index (χ1) is 18.1. The molecule has 0 aliphatic heterocycles. The first kappa shape index (κ1) is 33.4. The Morgan fingerprint density at radius 2 is 1.49 bits per heavy atom. The third-order valence-electron chi connectivity index (χ3n) is 5.95. The summed E-state index contributed by atoms with van der Waals surface area (Å²) in [7, 11) is 0. The van der Waals surface area contributed by atoms with Crippen molar-refractivity contribution in [3.05, 3.63) is 35.9 Å². The summed E-state index contributed by atoms with van der Waals surface area (Å²) in [5.41, 5.74) is 5.54. The first-order valence-corrected chi connectivity index (χ1v) is 13.2. The summed E-state index contributed by atoms with van der Waals surface area (Å²) in [6.45, 7) is 12.3. The second-order valence-electron chi connectivity index (χ2n) is 10.9. The van der Waals surface area contributed by atoms with Crippen LogP contribution in [0, 0.1) is 11.8 Å². The van der Waals surface area contributed by atoms with E-state index in [4.69, 9.17) is 15.2 Å². The number of hydrogen-bond acceptors (Lipinski definition) is 7. The van der Waals surface area contributed by atoms with Gasteiger partial charge in [-0.2, -0.15) is 0 Å². The molecule has 0 unspecified atom stereocenters. The van der Waals surface area contributed by atoms with Crippen LogP contribution in [0.3, 0.4) is 0 Å². The number of rotatable bonds is 14. The van der Waals surface area contributed by atoms with E-state index in [2.05, 4.69) is 16.0 Å². The fraction of sp³-hybridized carbons (Fsp3) is 0.607. The molecule has 39 heavy (non-hydrogen) atoms. The van der Waals surface area contributed by atoms with Crippen molar-refractivity contribution >= 4 is 29.8 Å². The summed E-state index contributed by atoms with van der Waals surface area (Å²) in [4.78, 5) is 62.8. The number of carbonyl (C=O) groups excluding carboxylic acids is 5. The summed E-state index contributed by atoms with van der Waals surface area (Å²) >= 11 is 0. The van der Waals surface area contributed by atoms with Crippen LogP contribution in [0.5, 0.6) is 0 Å². The summed E-state index contributed by atoms with van der Waals surface area (Å²) in [6, 6.07) is 5.99. The normalized spacial score (nSPS) is 14.4. The Labute approximate surface area is 230 Å². The van der Waals surface area contributed by atoms with E-state index >= 15 is 0 Å². The fourth-order valence-electron chi connectivity index (χ4n) is 3.53. The molecule has 1 aromatic carbocycles. The highest BCUT2D eigenvalue weighted by atomic mass is 16.6. The van der Waals surface area contributed by atoms with Gasteiger partial charge in [0.15, 0.2) is 0 Å².